The number of methoxy groups -OCH3 is 1. The van der Waals surface area contributed by atoms with Crippen molar-refractivity contribution < 1.29 is 14.3 Å². The van der Waals surface area contributed by atoms with Crippen molar-refractivity contribution >= 4 is 17.7 Å². The van der Waals surface area contributed by atoms with Crippen molar-refractivity contribution in [2.75, 3.05) is 26.0 Å². The summed E-state index contributed by atoms with van der Waals surface area (Å²) in [6, 6.07) is 18.0. The number of hydrogen-bond donors (Lipinski definition) is 1. The molecule has 0 aliphatic heterocycles. The number of carbonyl (C=O) groups excluding carboxylic acids is 1. The van der Waals surface area contributed by atoms with Gasteiger partial charge in [-0.3, -0.25) is 4.79 Å². The van der Waals surface area contributed by atoms with Gasteiger partial charge < -0.3 is 14.8 Å². The fourth-order valence-electron chi connectivity index (χ4n) is 2.40. The number of rotatable bonds is 11. The van der Waals surface area contributed by atoms with Crippen LogP contribution in [0.15, 0.2) is 59.5 Å². The van der Waals surface area contributed by atoms with E-state index >= 15 is 0 Å². The summed E-state index contributed by atoms with van der Waals surface area (Å²) in [4.78, 5) is 13.0. The quantitative estimate of drug-likeness (QED) is 0.467. The zero-order valence-corrected chi connectivity index (χ0v) is 16.3. The molecule has 1 N–H and O–H groups in total. The van der Waals surface area contributed by atoms with E-state index in [9.17, 15) is 4.79 Å². The van der Waals surface area contributed by atoms with Gasteiger partial charge in [-0.15, -0.1) is 11.8 Å². The summed E-state index contributed by atoms with van der Waals surface area (Å²) >= 11 is 1.67. The zero-order chi connectivity index (χ0) is 18.6. The average Bonchev–Trinajstić information content (AvgIpc) is 2.68. The van der Waals surface area contributed by atoms with Gasteiger partial charge in [-0.1, -0.05) is 30.3 Å². The number of amides is 1. The monoisotopic (exact) mass is 373 g/mol. The molecule has 1 unspecified atom stereocenters. The summed E-state index contributed by atoms with van der Waals surface area (Å²) in [6.07, 6.45) is 1.40. The fourth-order valence-corrected chi connectivity index (χ4v) is 3.25. The third-order valence-corrected chi connectivity index (χ3v) is 4.95. The molecule has 2 rings (SSSR count). The van der Waals surface area contributed by atoms with Crippen molar-refractivity contribution in [1.29, 1.82) is 0 Å². The normalized spacial score (nSPS) is 11.8. The summed E-state index contributed by atoms with van der Waals surface area (Å²) in [5.74, 6) is 1.69. The van der Waals surface area contributed by atoms with Crippen LogP contribution in [-0.2, 0) is 9.53 Å². The Kier molecular flexibility index (Phi) is 9.07. The molecule has 0 fully saturated rings. The largest absolute Gasteiger partial charge is 0.497 e. The zero-order valence-electron chi connectivity index (χ0n) is 15.4. The molecule has 4 nitrogen and oxygen atoms in total. The molecule has 2 aromatic rings. The molecule has 0 aliphatic carbocycles. The lowest BCUT2D eigenvalue weighted by Crippen LogP contribution is -2.25. The van der Waals surface area contributed by atoms with E-state index in [0.717, 1.165) is 22.8 Å². The van der Waals surface area contributed by atoms with Crippen molar-refractivity contribution in [3.05, 3.63) is 60.2 Å². The molecule has 140 valence electrons. The second-order valence-corrected chi connectivity index (χ2v) is 7.07. The van der Waals surface area contributed by atoms with Crippen LogP contribution in [0.5, 0.6) is 5.75 Å². The fraction of sp³-hybridized carbons (Fsp3) is 0.381. The smallest absolute Gasteiger partial charge is 0.220 e. The molecule has 0 aliphatic rings. The molecule has 1 atom stereocenters. The van der Waals surface area contributed by atoms with Gasteiger partial charge in [0, 0.05) is 30.2 Å². The predicted molar refractivity (Wildman–Crippen MR) is 107 cm³/mol. The van der Waals surface area contributed by atoms with E-state index in [2.05, 4.69) is 17.4 Å². The van der Waals surface area contributed by atoms with Crippen LogP contribution in [0.25, 0.3) is 0 Å². The number of thioether (sulfide) groups is 1. The molecule has 5 heteroatoms. The van der Waals surface area contributed by atoms with Gasteiger partial charge in [0.15, 0.2) is 0 Å². The first-order chi connectivity index (χ1) is 12.7. The van der Waals surface area contributed by atoms with Crippen LogP contribution in [0, 0.1) is 0 Å². The molecule has 26 heavy (non-hydrogen) atoms. The second-order valence-electron chi connectivity index (χ2n) is 5.90. The molecule has 0 spiro atoms. The van der Waals surface area contributed by atoms with Gasteiger partial charge in [-0.05, 0) is 43.2 Å². The molecule has 1 amide bonds. The van der Waals surface area contributed by atoms with Crippen molar-refractivity contribution in [1.82, 2.24) is 5.32 Å². The Bertz CT molecular complexity index is 646. The first-order valence-electron chi connectivity index (χ1n) is 8.89. The van der Waals surface area contributed by atoms with Crippen LogP contribution in [0.3, 0.4) is 0 Å². The Morgan fingerprint density at radius 2 is 1.85 bits per heavy atom. The highest BCUT2D eigenvalue weighted by atomic mass is 32.2. The summed E-state index contributed by atoms with van der Waals surface area (Å²) < 4.78 is 10.9. The highest BCUT2D eigenvalue weighted by molar-refractivity contribution is 7.99. The maximum absolute atomic E-state index is 11.9. The van der Waals surface area contributed by atoms with Crippen molar-refractivity contribution in [3.8, 4) is 5.75 Å². The number of hydrogen-bond acceptors (Lipinski definition) is 4. The van der Waals surface area contributed by atoms with Gasteiger partial charge in [-0.2, -0.15) is 0 Å². The third kappa shape index (κ3) is 7.50. The van der Waals surface area contributed by atoms with Gasteiger partial charge in [0.1, 0.15) is 5.75 Å². The van der Waals surface area contributed by atoms with Gasteiger partial charge in [0.05, 0.1) is 13.2 Å². The molecule has 0 saturated carbocycles. The lowest BCUT2D eigenvalue weighted by molar-refractivity contribution is -0.120. The van der Waals surface area contributed by atoms with E-state index in [1.807, 2.05) is 49.4 Å². The van der Waals surface area contributed by atoms with Gasteiger partial charge in [-0.25, -0.2) is 0 Å². The Morgan fingerprint density at radius 1 is 1.12 bits per heavy atom. The number of carbonyl (C=O) groups is 1. The summed E-state index contributed by atoms with van der Waals surface area (Å²) in [5.41, 5.74) is 1.17. The Morgan fingerprint density at radius 3 is 2.54 bits per heavy atom. The minimum atomic E-state index is 0.0767. The summed E-state index contributed by atoms with van der Waals surface area (Å²) in [5, 5.41) is 2.95. The van der Waals surface area contributed by atoms with Gasteiger partial charge in [0.25, 0.3) is 0 Å². The van der Waals surface area contributed by atoms with Crippen LogP contribution in [0.1, 0.15) is 31.4 Å². The number of nitrogens with one attached hydrogen (secondary N) is 1. The highest BCUT2D eigenvalue weighted by Crippen LogP contribution is 2.21. The first kappa shape index (κ1) is 20.3. The van der Waals surface area contributed by atoms with Crippen molar-refractivity contribution in [2.24, 2.45) is 0 Å². The molecule has 2 aromatic carbocycles. The Balaban J connectivity index is 1.52. The second kappa shape index (κ2) is 11.6. The van der Waals surface area contributed by atoms with Crippen LogP contribution < -0.4 is 10.1 Å². The summed E-state index contributed by atoms with van der Waals surface area (Å²) in [7, 11) is 1.65. The van der Waals surface area contributed by atoms with Crippen LogP contribution >= 0.6 is 11.8 Å². The third-order valence-electron chi connectivity index (χ3n) is 3.94. The van der Waals surface area contributed by atoms with Crippen LogP contribution in [0.2, 0.25) is 0 Å². The molecule has 0 saturated heterocycles. The molecular formula is C21H27NO3S. The van der Waals surface area contributed by atoms with Crippen LogP contribution in [0.4, 0.5) is 0 Å². The summed E-state index contributed by atoms with van der Waals surface area (Å²) in [6.45, 7) is 3.33. The van der Waals surface area contributed by atoms with Crippen LogP contribution in [-0.4, -0.2) is 31.9 Å². The average molecular weight is 374 g/mol. The van der Waals surface area contributed by atoms with Crippen molar-refractivity contribution in [2.45, 2.75) is 30.8 Å². The van der Waals surface area contributed by atoms with E-state index < -0.39 is 0 Å². The maximum atomic E-state index is 11.9. The molecule has 0 heterocycles. The molecule has 0 aromatic heterocycles. The van der Waals surface area contributed by atoms with E-state index in [1.54, 1.807) is 18.9 Å². The SMILES string of the molecule is COc1ccc(SCCC(=O)NCCCOC(C)c2ccccc2)cc1. The van der Waals surface area contributed by atoms with E-state index in [0.29, 0.717) is 19.6 Å². The van der Waals surface area contributed by atoms with Crippen molar-refractivity contribution in [3.63, 3.8) is 0 Å². The predicted octanol–water partition coefficient (Wildman–Crippen LogP) is 4.46. The number of benzene rings is 2. The van der Waals surface area contributed by atoms with E-state index in [1.165, 1.54) is 5.56 Å². The Hall–Kier alpha value is -1.98. The Labute approximate surface area is 160 Å². The van der Waals surface area contributed by atoms with E-state index in [4.69, 9.17) is 9.47 Å². The number of ether oxygens (including phenoxy) is 2. The molecule has 0 radical (unpaired) electrons. The minimum absolute atomic E-state index is 0.0767. The lowest BCUT2D eigenvalue weighted by atomic mass is 10.1. The maximum Gasteiger partial charge on any atom is 0.220 e. The highest BCUT2D eigenvalue weighted by Gasteiger charge is 2.05. The topological polar surface area (TPSA) is 47.6 Å². The first-order valence-corrected chi connectivity index (χ1v) is 9.87. The standard InChI is InChI=1S/C21H27NO3S/c1-17(18-7-4-3-5-8-18)25-15-6-14-22-21(23)13-16-26-20-11-9-19(24-2)10-12-20/h3-5,7-12,17H,6,13-16H2,1-2H3,(H,22,23). The minimum Gasteiger partial charge on any atom is -0.497 e. The molecule has 0 bridgehead atoms. The van der Waals surface area contributed by atoms with E-state index in [-0.39, 0.29) is 12.0 Å². The lowest BCUT2D eigenvalue weighted by Gasteiger charge is -2.13. The van der Waals surface area contributed by atoms with Gasteiger partial charge >= 0.3 is 0 Å². The van der Waals surface area contributed by atoms with Gasteiger partial charge in [0.2, 0.25) is 5.91 Å². The molecular weight excluding hydrogens is 346 g/mol.